The van der Waals surface area contributed by atoms with E-state index in [-0.39, 0.29) is 36.3 Å². The van der Waals surface area contributed by atoms with Gasteiger partial charge in [-0.25, -0.2) is 9.59 Å². The quantitative estimate of drug-likeness (QED) is 0.565. The van der Waals surface area contributed by atoms with E-state index >= 15 is 0 Å². The Kier molecular flexibility index (Phi) is 6.67. The molecule has 0 unspecified atom stereocenters. The molecule has 2 aliphatic carbocycles. The fourth-order valence-electron chi connectivity index (χ4n) is 4.74. The maximum Gasteiger partial charge on any atom is 0.407 e. The summed E-state index contributed by atoms with van der Waals surface area (Å²) in [4.78, 5) is 36.1. The topological polar surface area (TPSA) is 105 Å². The molecule has 0 spiro atoms. The number of benzene rings is 2. The number of carbonyl (C=O) groups excluding carboxylic acids is 2. The Hall–Kier alpha value is -3.35. The van der Waals surface area contributed by atoms with Crippen molar-refractivity contribution < 1.29 is 24.2 Å². The molecule has 7 nitrogen and oxygen atoms in total. The first kappa shape index (κ1) is 22.8. The smallest absolute Gasteiger partial charge is 0.407 e. The number of amides is 2. The van der Waals surface area contributed by atoms with E-state index in [2.05, 4.69) is 34.9 Å². The van der Waals surface area contributed by atoms with Gasteiger partial charge >= 0.3 is 12.1 Å². The third-order valence-corrected chi connectivity index (χ3v) is 6.50. The molecule has 1 fully saturated rings. The standard InChI is InChI=1S/C26H30N2O5/c1-15(2)11-23(25(30)31)28-24(29)16-12-17(13-16)27-26(32)33-14-22-20-9-5-3-7-18(20)19-8-4-6-10-21(19)22/h3-10,15-17,22-23H,11-14H2,1-2H3,(H,27,32)(H,28,29)(H,30,31)/t16?,17?,23-/m1/s1. The minimum Gasteiger partial charge on any atom is -0.480 e. The number of alkyl carbamates (subject to hydrolysis) is 1. The molecule has 0 bridgehead atoms. The van der Waals surface area contributed by atoms with Crippen LogP contribution in [0.3, 0.4) is 0 Å². The van der Waals surface area contributed by atoms with Crippen LogP contribution in [-0.4, -0.2) is 41.8 Å². The number of nitrogens with one attached hydrogen (secondary N) is 2. The van der Waals surface area contributed by atoms with Crippen LogP contribution in [0.15, 0.2) is 48.5 Å². The molecule has 3 N–H and O–H groups in total. The van der Waals surface area contributed by atoms with E-state index in [1.165, 1.54) is 11.1 Å². The lowest BCUT2D eigenvalue weighted by molar-refractivity contribution is -0.143. The summed E-state index contributed by atoms with van der Waals surface area (Å²) >= 11 is 0. The zero-order chi connectivity index (χ0) is 23.5. The second kappa shape index (κ2) is 9.65. The van der Waals surface area contributed by atoms with Gasteiger partial charge in [0.15, 0.2) is 0 Å². The lowest BCUT2D eigenvalue weighted by atomic mass is 9.79. The van der Waals surface area contributed by atoms with Crippen LogP contribution in [0.25, 0.3) is 11.1 Å². The largest absolute Gasteiger partial charge is 0.480 e. The molecule has 1 saturated carbocycles. The van der Waals surface area contributed by atoms with E-state index in [0.717, 1.165) is 11.1 Å². The van der Waals surface area contributed by atoms with Gasteiger partial charge in [0.1, 0.15) is 12.6 Å². The van der Waals surface area contributed by atoms with Gasteiger partial charge < -0.3 is 20.5 Å². The van der Waals surface area contributed by atoms with Crippen molar-refractivity contribution in [1.82, 2.24) is 10.6 Å². The Morgan fingerprint density at radius 2 is 1.58 bits per heavy atom. The third-order valence-electron chi connectivity index (χ3n) is 6.50. The van der Waals surface area contributed by atoms with Crippen molar-refractivity contribution in [3.63, 3.8) is 0 Å². The van der Waals surface area contributed by atoms with Crippen LogP contribution in [0, 0.1) is 11.8 Å². The highest BCUT2D eigenvalue weighted by molar-refractivity contribution is 5.86. The highest BCUT2D eigenvalue weighted by Crippen LogP contribution is 2.44. The van der Waals surface area contributed by atoms with Crippen LogP contribution in [0.5, 0.6) is 0 Å². The summed E-state index contributed by atoms with van der Waals surface area (Å²) in [5.41, 5.74) is 4.65. The first-order chi connectivity index (χ1) is 15.8. The van der Waals surface area contributed by atoms with Crippen molar-refractivity contribution in [1.29, 1.82) is 0 Å². The predicted octanol–water partition coefficient (Wildman–Crippen LogP) is 3.92. The second-order valence-corrected chi connectivity index (χ2v) is 9.36. The van der Waals surface area contributed by atoms with E-state index in [1.807, 2.05) is 38.1 Å². The average molecular weight is 451 g/mol. The number of carboxylic acids is 1. The molecule has 0 radical (unpaired) electrons. The molecular formula is C26H30N2O5. The van der Waals surface area contributed by atoms with Gasteiger partial charge in [0, 0.05) is 17.9 Å². The summed E-state index contributed by atoms with van der Waals surface area (Å²) in [5.74, 6) is -1.43. The normalized spacial score (nSPS) is 19.7. The van der Waals surface area contributed by atoms with Crippen LogP contribution in [0.1, 0.15) is 50.2 Å². The average Bonchev–Trinajstić information content (AvgIpc) is 3.07. The zero-order valence-corrected chi connectivity index (χ0v) is 18.9. The lowest BCUT2D eigenvalue weighted by Gasteiger charge is -2.35. The minimum absolute atomic E-state index is 0.00280. The molecule has 174 valence electrons. The van der Waals surface area contributed by atoms with Crippen LogP contribution < -0.4 is 10.6 Å². The monoisotopic (exact) mass is 450 g/mol. The molecule has 2 amide bonds. The molecular weight excluding hydrogens is 420 g/mol. The van der Waals surface area contributed by atoms with Gasteiger partial charge in [0.05, 0.1) is 0 Å². The number of carboxylic acid groups (broad SMARTS) is 1. The van der Waals surface area contributed by atoms with E-state index in [0.29, 0.717) is 19.3 Å². The van der Waals surface area contributed by atoms with Crippen LogP contribution in [0.2, 0.25) is 0 Å². The molecule has 0 aromatic heterocycles. The van der Waals surface area contributed by atoms with E-state index in [4.69, 9.17) is 4.74 Å². The number of ether oxygens (including phenoxy) is 1. The van der Waals surface area contributed by atoms with Crippen molar-refractivity contribution in [2.24, 2.45) is 11.8 Å². The van der Waals surface area contributed by atoms with E-state index in [9.17, 15) is 19.5 Å². The fraction of sp³-hybridized carbons (Fsp3) is 0.423. The van der Waals surface area contributed by atoms with Crippen molar-refractivity contribution in [2.45, 2.75) is 51.1 Å². The molecule has 2 aromatic carbocycles. The molecule has 7 heteroatoms. The number of hydrogen-bond acceptors (Lipinski definition) is 4. The molecule has 0 saturated heterocycles. The zero-order valence-electron chi connectivity index (χ0n) is 18.9. The van der Waals surface area contributed by atoms with Crippen LogP contribution in [-0.2, 0) is 14.3 Å². The number of fused-ring (bicyclic) bond motifs is 3. The van der Waals surface area contributed by atoms with E-state index in [1.54, 1.807) is 0 Å². The Labute approximate surface area is 193 Å². The summed E-state index contributed by atoms with van der Waals surface area (Å²) in [5, 5.41) is 14.7. The Balaban J connectivity index is 1.25. The number of hydrogen-bond donors (Lipinski definition) is 3. The molecule has 0 aliphatic heterocycles. The Morgan fingerprint density at radius 1 is 1.00 bits per heavy atom. The van der Waals surface area contributed by atoms with Gasteiger partial charge in [-0.05, 0) is 47.4 Å². The summed E-state index contributed by atoms with van der Waals surface area (Å²) in [6.45, 7) is 4.07. The maximum atomic E-state index is 12.4. The summed E-state index contributed by atoms with van der Waals surface area (Å²) < 4.78 is 5.55. The van der Waals surface area contributed by atoms with E-state index < -0.39 is 18.1 Å². The molecule has 4 rings (SSSR count). The van der Waals surface area contributed by atoms with Gasteiger partial charge in [-0.3, -0.25) is 4.79 Å². The van der Waals surface area contributed by atoms with Gasteiger partial charge in [-0.2, -0.15) is 0 Å². The Bertz CT molecular complexity index is 999. The number of carbonyl (C=O) groups is 3. The first-order valence-corrected chi connectivity index (χ1v) is 11.5. The summed E-state index contributed by atoms with van der Waals surface area (Å²) in [7, 11) is 0. The van der Waals surface area contributed by atoms with Gasteiger partial charge in [0.25, 0.3) is 0 Å². The van der Waals surface area contributed by atoms with Gasteiger partial charge in [-0.15, -0.1) is 0 Å². The molecule has 2 aliphatic rings. The van der Waals surface area contributed by atoms with Crippen molar-refractivity contribution >= 4 is 18.0 Å². The maximum absolute atomic E-state index is 12.4. The van der Waals surface area contributed by atoms with Gasteiger partial charge in [0.2, 0.25) is 5.91 Å². The highest BCUT2D eigenvalue weighted by Gasteiger charge is 2.37. The summed E-state index contributed by atoms with van der Waals surface area (Å²) in [6.07, 6.45) is 0.840. The molecule has 0 heterocycles. The van der Waals surface area contributed by atoms with Crippen molar-refractivity contribution in [3.05, 3.63) is 59.7 Å². The third kappa shape index (κ3) is 5.02. The first-order valence-electron chi connectivity index (χ1n) is 11.5. The second-order valence-electron chi connectivity index (χ2n) is 9.36. The Morgan fingerprint density at radius 3 is 2.12 bits per heavy atom. The number of rotatable bonds is 8. The van der Waals surface area contributed by atoms with Crippen LogP contribution in [0.4, 0.5) is 4.79 Å². The summed E-state index contributed by atoms with van der Waals surface area (Å²) in [6, 6.07) is 15.3. The van der Waals surface area contributed by atoms with Crippen molar-refractivity contribution in [3.8, 4) is 11.1 Å². The lowest BCUT2D eigenvalue weighted by Crippen LogP contribution is -2.52. The fourth-order valence-corrected chi connectivity index (χ4v) is 4.74. The minimum atomic E-state index is -1.02. The molecule has 1 atom stereocenters. The highest BCUT2D eigenvalue weighted by atomic mass is 16.5. The van der Waals surface area contributed by atoms with Crippen molar-refractivity contribution in [2.75, 3.05) is 6.61 Å². The SMILES string of the molecule is CC(C)C[C@@H](NC(=O)C1CC(NC(=O)OCC2c3ccccc3-c3ccccc32)C1)C(=O)O. The molecule has 2 aromatic rings. The van der Waals surface area contributed by atoms with Crippen LogP contribution >= 0.6 is 0 Å². The predicted molar refractivity (Wildman–Crippen MR) is 124 cm³/mol. The van der Waals surface area contributed by atoms with Gasteiger partial charge in [-0.1, -0.05) is 62.4 Å². The number of aliphatic carboxylic acids is 1. The molecule has 33 heavy (non-hydrogen) atoms.